The van der Waals surface area contributed by atoms with Crippen LogP contribution in [0.15, 0.2) is 48.5 Å². The Hall–Kier alpha value is -3.79. The minimum atomic E-state index is -1.27. The number of aliphatic carboxylic acids is 1. The van der Waals surface area contributed by atoms with Gasteiger partial charge >= 0.3 is 12.1 Å². The Morgan fingerprint density at radius 3 is 2.22 bits per heavy atom. The zero-order chi connectivity index (χ0) is 23.1. The minimum Gasteiger partial charge on any atom is -0.472 e. The molecule has 166 valence electrons. The van der Waals surface area contributed by atoms with Gasteiger partial charge in [-0.2, -0.15) is 0 Å². The number of alkyl carbamates (subject to hydrolysis) is 1. The fraction of sp³-hybridized carbons (Fsp3) is 0.320. The van der Waals surface area contributed by atoms with E-state index >= 15 is 0 Å². The number of carbonyl (C=O) groups is 3. The average Bonchev–Trinajstić information content (AvgIpc) is 3.12. The van der Waals surface area contributed by atoms with Crippen molar-refractivity contribution >= 4 is 18.0 Å². The van der Waals surface area contributed by atoms with Crippen LogP contribution in [0, 0.1) is 17.8 Å². The molecule has 1 aliphatic rings. The van der Waals surface area contributed by atoms with Crippen molar-refractivity contribution in [2.75, 3.05) is 13.2 Å². The molecule has 32 heavy (non-hydrogen) atoms. The molecule has 0 aliphatic heterocycles. The van der Waals surface area contributed by atoms with E-state index in [9.17, 15) is 14.4 Å². The first-order chi connectivity index (χ1) is 15.4. The van der Waals surface area contributed by atoms with E-state index in [1.54, 1.807) is 0 Å². The fourth-order valence-electron chi connectivity index (χ4n) is 3.83. The van der Waals surface area contributed by atoms with E-state index in [4.69, 9.17) is 9.84 Å². The summed E-state index contributed by atoms with van der Waals surface area (Å²) in [5, 5.41) is 13.7. The van der Waals surface area contributed by atoms with Crippen molar-refractivity contribution in [1.82, 2.24) is 10.6 Å². The van der Waals surface area contributed by atoms with Crippen LogP contribution in [-0.2, 0) is 14.3 Å². The number of ether oxygens (including phenoxy) is 1. The van der Waals surface area contributed by atoms with Crippen LogP contribution in [0.2, 0.25) is 0 Å². The first-order valence-electron chi connectivity index (χ1n) is 10.5. The average molecular weight is 434 g/mol. The summed E-state index contributed by atoms with van der Waals surface area (Å²) >= 11 is 0. The summed E-state index contributed by atoms with van der Waals surface area (Å²) in [4.78, 5) is 35.5. The molecular weight excluding hydrogens is 408 g/mol. The number of rotatable bonds is 7. The van der Waals surface area contributed by atoms with Crippen molar-refractivity contribution in [3.05, 3.63) is 59.7 Å². The number of benzene rings is 2. The Morgan fingerprint density at radius 2 is 1.66 bits per heavy atom. The van der Waals surface area contributed by atoms with Crippen LogP contribution < -0.4 is 10.6 Å². The molecule has 3 N–H and O–H groups in total. The molecule has 1 aliphatic carbocycles. The molecule has 0 fully saturated rings. The largest absolute Gasteiger partial charge is 0.472 e. The van der Waals surface area contributed by atoms with E-state index in [0.29, 0.717) is 6.42 Å². The van der Waals surface area contributed by atoms with Gasteiger partial charge in [0, 0.05) is 11.8 Å². The summed E-state index contributed by atoms with van der Waals surface area (Å²) in [7, 11) is 0. The summed E-state index contributed by atoms with van der Waals surface area (Å²) in [6.45, 7) is 3.79. The first kappa shape index (κ1) is 22.9. The van der Waals surface area contributed by atoms with Crippen molar-refractivity contribution < 1.29 is 24.2 Å². The zero-order valence-corrected chi connectivity index (χ0v) is 18.1. The maximum absolute atomic E-state index is 12.6. The topological polar surface area (TPSA) is 105 Å². The van der Waals surface area contributed by atoms with Gasteiger partial charge in [-0.25, -0.2) is 9.59 Å². The van der Waals surface area contributed by atoms with E-state index in [1.807, 2.05) is 56.2 Å². The van der Waals surface area contributed by atoms with Gasteiger partial charge in [-0.3, -0.25) is 4.79 Å². The van der Waals surface area contributed by atoms with Crippen molar-refractivity contribution in [3.63, 3.8) is 0 Å². The summed E-state index contributed by atoms with van der Waals surface area (Å²) in [6, 6.07) is 15.3. The minimum absolute atomic E-state index is 0.0738. The molecule has 0 heterocycles. The molecule has 0 saturated heterocycles. The lowest BCUT2D eigenvalue weighted by Crippen LogP contribution is -2.50. The van der Waals surface area contributed by atoms with Crippen molar-refractivity contribution in [2.24, 2.45) is 5.92 Å². The molecule has 0 aromatic heterocycles. The predicted molar refractivity (Wildman–Crippen MR) is 120 cm³/mol. The second kappa shape index (κ2) is 10.5. The van der Waals surface area contributed by atoms with Gasteiger partial charge in [0.25, 0.3) is 0 Å². The predicted octanol–water partition coefficient (Wildman–Crippen LogP) is 3.14. The smallest absolute Gasteiger partial charge is 0.407 e. The van der Waals surface area contributed by atoms with Crippen molar-refractivity contribution in [3.8, 4) is 23.0 Å². The molecule has 2 atom stereocenters. The highest BCUT2D eigenvalue weighted by atomic mass is 16.5. The summed E-state index contributed by atoms with van der Waals surface area (Å²) in [5.41, 5.74) is 4.48. The van der Waals surface area contributed by atoms with E-state index in [1.165, 1.54) is 0 Å². The third-order valence-corrected chi connectivity index (χ3v) is 5.66. The number of carboxylic acid groups (broad SMARTS) is 1. The molecule has 3 rings (SSSR count). The molecule has 2 aromatic carbocycles. The number of amides is 2. The fourth-order valence-corrected chi connectivity index (χ4v) is 3.83. The first-order valence-corrected chi connectivity index (χ1v) is 10.5. The molecule has 7 nitrogen and oxygen atoms in total. The molecule has 2 amide bonds. The highest BCUT2D eigenvalue weighted by Gasteiger charge is 2.30. The molecule has 0 bridgehead atoms. The van der Waals surface area contributed by atoms with Gasteiger partial charge < -0.3 is 20.5 Å². The number of carboxylic acids is 1. The zero-order valence-electron chi connectivity index (χ0n) is 18.1. The molecule has 2 unspecified atom stereocenters. The SMILES string of the molecule is CCC(C)C(NC(=O)OCC1c2ccccc2-c2ccccc21)C(=O)NCC#CC(=O)O. The maximum Gasteiger partial charge on any atom is 0.407 e. The lowest BCUT2D eigenvalue weighted by molar-refractivity contribution is -0.130. The van der Waals surface area contributed by atoms with Gasteiger partial charge in [-0.15, -0.1) is 0 Å². The van der Waals surface area contributed by atoms with Gasteiger partial charge in [0.2, 0.25) is 5.91 Å². The second-order valence-corrected chi connectivity index (χ2v) is 7.66. The molecular formula is C25H26N2O5. The van der Waals surface area contributed by atoms with Crippen LogP contribution in [0.4, 0.5) is 4.79 Å². The van der Waals surface area contributed by atoms with Gasteiger partial charge in [-0.05, 0) is 28.2 Å². The van der Waals surface area contributed by atoms with Crippen LogP contribution in [0.3, 0.4) is 0 Å². The Bertz CT molecular complexity index is 1020. The number of hydrogen-bond acceptors (Lipinski definition) is 4. The Labute approximate surface area is 187 Å². The standard InChI is InChI=1S/C25H26N2O5/c1-3-16(2)23(24(30)26-14-8-13-22(28)29)27-25(31)32-15-21-19-11-6-4-9-17(19)18-10-5-7-12-20(18)21/h4-7,9-12,16,21,23H,3,14-15H2,1-2H3,(H,26,30)(H,27,31)(H,28,29). The quantitative estimate of drug-likeness (QED) is 0.581. The van der Waals surface area contributed by atoms with Crippen LogP contribution >= 0.6 is 0 Å². The lowest BCUT2D eigenvalue weighted by Gasteiger charge is -2.23. The highest BCUT2D eigenvalue weighted by molar-refractivity contribution is 5.88. The normalized spacial score (nSPS) is 13.6. The molecule has 0 radical (unpaired) electrons. The lowest BCUT2D eigenvalue weighted by atomic mass is 9.98. The van der Waals surface area contributed by atoms with Gasteiger partial charge in [0.15, 0.2) is 0 Å². The molecule has 2 aromatic rings. The van der Waals surface area contributed by atoms with E-state index < -0.39 is 24.0 Å². The summed E-state index contributed by atoms with van der Waals surface area (Å²) < 4.78 is 5.54. The monoisotopic (exact) mass is 434 g/mol. The van der Waals surface area contributed by atoms with Gasteiger partial charge in [0.1, 0.15) is 12.6 Å². The number of carbonyl (C=O) groups excluding carboxylic acids is 2. The number of nitrogens with one attached hydrogen (secondary N) is 2. The van der Waals surface area contributed by atoms with Gasteiger partial charge in [-0.1, -0.05) is 74.7 Å². The van der Waals surface area contributed by atoms with E-state index in [2.05, 4.69) is 28.7 Å². The number of hydrogen-bond donors (Lipinski definition) is 3. The molecule has 0 spiro atoms. The second-order valence-electron chi connectivity index (χ2n) is 7.66. The molecule has 0 saturated carbocycles. The Balaban J connectivity index is 1.64. The third kappa shape index (κ3) is 5.27. The van der Waals surface area contributed by atoms with E-state index in [0.717, 1.165) is 22.3 Å². The Morgan fingerprint density at radius 1 is 1.06 bits per heavy atom. The maximum atomic E-state index is 12.6. The summed E-state index contributed by atoms with van der Waals surface area (Å²) in [6.07, 6.45) is -0.0216. The highest BCUT2D eigenvalue weighted by Crippen LogP contribution is 2.44. The van der Waals surface area contributed by atoms with Crippen molar-refractivity contribution in [2.45, 2.75) is 32.2 Å². The third-order valence-electron chi connectivity index (χ3n) is 5.66. The van der Waals surface area contributed by atoms with E-state index in [-0.39, 0.29) is 25.0 Å². The molecule has 7 heteroatoms. The Kier molecular flexibility index (Phi) is 7.50. The van der Waals surface area contributed by atoms with Crippen LogP contribution in [0.25, 0.3) is 11.1 Å². The van der Waals surface area contributed by atoms with Crippen LogP contribution in [0.1, 0.15) is 37.3 Å². The van der Waals surface area contributed by atoms with Crippen molar-refractivity contribution in [1.29, 1.82) is 0 Å². The van der Waals surface area contributed by atoms with Crippen LogP contribution in [-0.4, -0.2) is 42.3 Å². The van der Waals surface area contributed by atoms with Crippen LogP contribution in [0.5, 0.6) is 0 Å². The van der Waals surface area contributed by atoms with Gasteiger partial charge in [0.05, 0.1) is 6.54 Å². The number of fused-ring (bicyclic) bond motifs is 3. The summed E-state index contributed by atoms with van der Waals surface area (Å²) in [5.74, 6) is 2.34.